The van der Waals surface area contributed by atoms with Gasteiger partial charge in [0, 0.05) is 19.3 Å². The molecule has 15 heavy (non-hydrogen) atoms. The van der Waals surface area contributed by atoms with Gasteiger partial charge in [0.2, 0.25) is 0 Å². The van der Waals surface area contributed by atoms with Gasteiger partial charge < -0.3 is 9.08 Å². The van der Waals surface area contributed by atoms with E-state index in [4.69, 9.17) is 4.18 Å². The first-order valence-electron chi connectivity index (χ1n) is 4.55. The monoisotopic (exact) mass is 335 g/mol. The van der Waals surface area contributed by atoms with E-state index in [0.29, 0.717) is 0 Å². The second-order valence-electron chi connectivity index (χ2n) is 3.37. The van der Waals surface area contributed by atoms with Crippen molar-refractivity contribution in [2.45, 2.75) is 11.3 Å². The SMILES string of the molecule is CN1CCc2ccc(SOC(=O)I)cc21. The lowest BCUT2D eigenvalue weighted by Gasteiger charge is -2.12. The Bertz CT molecular complexity index is 397. The van der Waals surface area contributed by atoms with E-state index in [1.54, 1.807) is 22.6 Å². The van der Waals surface area contributed by atoms with Gasteiger partial charge in [0.15, 0.2) is 0 Å². The number of hydrogen-bond donors (Lipinski definition) is 0. The minimum Gasteiger partial charge on any atom is -0.378 e. The summed E-state index contributed by atoms with van der Waals surface area (Å²) < 4.78 is 4.57. The molecule has 3 nitrogen and oxygen atoms in total. The van der Waals surface area contributed by atoms with Crippen LogP contribution >= 0.6 is 34.6 Å². The third-order valence-corrected chi connectivity index (χ3v) is 3.59. The van der Waals surface area contributed by atoms with Gasteiger partial charge in [-0.3, -0.25) is 0 Å². The number of carbonyl (C=O) groups is 1. The third kappa shape index (κ3) is 2.57. The lowest BCUT2D eigenvalue weighted by atomic mass is 10.2. The van der Waals surface area contributed by atoms with Gasteiger partial charge in [-0.1, -0.05) is 6.07 Å². The molecule has 0 bridgehead atoms. The summed E-state index contributed by atoms with van der Waals surface area (Å²) in [6.45, 7) is 1.07. The highest BCUT2D eigenvalue weighted by Gasteiger charge is 2.16. The average molecular weight is 335 g/mol. The molecule has 0 fully saturated rings. The summed E-state index contributed by atoms with van der Waals surface area (Å²) >= 11 is 2.73. The lowest BCUT2D eigenvalue weighted by Crippen LogP contribution is -2.12. The quantitative estimate of drug-likeness (QED) is 0.471. The number of benzene rings is 1. The summed E-state index contributed by atoms with van der Waals surface area (Å²) in [4.78, 5) is 13.8. The predicted molar refractivity (Wildman–Crippen MR) is 69.8 cm³/mol. The molecule has 1 aromatic rings. The zero-order chi connectivity index (χ0) is 10.8. The van der Waals surface area contributed by atoms with Crippen molar-refractivity contribution in [1.29, 1.82) is 0 Å². The number of rotatable bonds is 2. The molecule has 0 aliphatic carbocycles. The molecule has 1 aliphatic rings. The Hall–Kier alpha value is -0.430. The van der Waals surface area contributed by atoms with Crippen molar-refractivity contribution in [2.75, 3.05) is 18.5 Å². The van der Waals surface area contributed by atoms with Gasteiger partial charge in [-0.05, 0) is 24.1 Å². The largest absolute Gasteiger partial charge is 0.379 e. The van der Waals surface area contributed by atoms with Crippen LogP contribution in [0.3, 0.4) is 0 Å². The molecule has 0 unspecified atom stereocenters. The summed E-state index contributed by atoms with van der Waals surface area (Å²) in [5.41, 5.74) is 2.60. The van der Waals surface area contributed by atoms with Crippen molar-refractivity contribution >= 4 is 44.3 Å². The molecule has 0 radical (unpaired) electrons. The van der Waals surface area contributed by atoms with Crippen molar-refractivity contribution < 1.29 is 8.98 Å². The second kappa shape index (κ2) is 4.61. The maximum Gasteiger partial charge on any atom is 0.379 e. The van der Waals surface area contributed by atoms with Gasteiger partial charge in [0.1, 0.15) is 0 Å². The van der Waals surface area contributed by atoms with Crippen LogP contribution in [0.2, 0.25) is 0 Å². The Morgan fingerprint density at radius 3 is 3.13 bits per heavy atom. The minimum absolute atomic E-state index is 0.300. The van der Waals surface area contributed by atoms with Crippen LogP contribution in [0.5, 0.6) is 0 Å². The van der Waals surface area contributed by atoms with Crippen LogP contribution in [-0.4, -0.2) is 17.6 Å². The van der Waals surface area contributed by atoms with Crippen LogP contribution < -0.4 is 4.90 Å². The molecule has 0 N–H and O–H groups in total. The molecular weight excluding hydrogens is 325 g/mol. The summed E-state index contributed by atoms with van der Waals surface area (Å²) in [6, 6.07) is 6.15. The van der Waals surface area contributed by atoms with Gasteiger partial charge in [0.25, 0.3) is 0 Å². The standard InChI is InChI=1S/C10H10INO2S/c1-12-5-4-7-2-3-8(6-9(7)12)15-14-10(11)13/h2-3,6H,4-5H2,1H3. The van der Waals surface area contributed by atoms with Crippen molar-refractivity contribution in [1.82, 2.24) is 0 Å². The first kappa shape index (κ1) is 11.1. The molecule has 1 aromatic carbocycles. The molecule has 0 aromatic heterocycles. The fourth-order valence-corrected chi connectivity index (χ4v) is 2.37. The maximum atomic E-state index is 10.6. The Balaban J connectivity index is 2.14. The number of hydrogen-bond acceptors (Lipinski definition) is 4. The van der Waals surface area contributed by atoms with Crippen LogP contribution in [0.4, 0.5) is 10.5 Å². The summed E-state index contributed by atoms with van der Waals surface area (Å²) in [7, 11) is 2.07. The molecule has 0 saturated carbocycles. The highest BCUT2D eigenvalue weighted by Crippen LogP contribution is 2.32. The molecule has 1 aliphatic heterocycles. The van der Waals surface area contributed by atoms with Crippen molar-refractivity contribution in [3.8, 4) is 0 Å². The molecular formula is C10H10INO2S. The smallest absolute Gasteiger partial charge is 0.378 e. The fraction of sp³-hybridized carbons (Fsp3) is 0.300. The maximum absolute atomic E-state index is 10.6. The average Bonchev–Trinajstić information content (AvgIpc) is 2.57. The summed E-state index contributed by atoms with van der Waals surface area (Å²) in [5.74, 6) is 0. The number of nitrogens with zero attached hydrogens (tertiary/aromatic N) is 1. The van der Waals surface area contributed by atoms with E-state index in [0.717, 1.165) is 29.9 Å². The normalized spacial score (nSPS) is 13.9. The van der Waals surface area contributed by atoms with E-state index in [-0.39, 0.29) is 3.98 Å². The van der Waals surface area contributed by atoms with Crippen LogP contribution in [-0.2, 0) is 10.6 Å². The first-order valence-corrected chi connectivity index (χ1v) is 6.37. The van der Waals surface area contributed by atoms with Crippen LogP contribution in [0.25, 0.3) is 0 Å². The molecule has 0 spiro atoms. The van der Waals surface area contributed by atoms with Crippen LogP contribution in [0.1, 0.15) is 5.56 Å². The number of anilines is 1. The van der Waals surface area contributed by atoms with Crippen molar-refractivity contribution in [3.05, 3.63) is 23.8 Å². The van der Waals surface area contributed by atoms with Gasteiger partial charge in [-0.25, -0.2) is 4.79 Å². The zero-order valence-electron chi connectivity index (χ0n) is 8.20. The van der Waals surface area contributed by atoms with Gasteiger partial charge >= 0.3 is 3.98 Å². The Morgan fingerprint density at radius 2 is 2.40 bits per heavy atom. The fourth-order valence-electron chi connectivity index (χ4n) is 1.65. The third-order valence-electron chi connectivity index (χ3n) is 2.39. The Labute approximate surface area is 107 Å². The lowest BCUT2D eigenvalue weighted by molar-refractivity contribution is 0.237. The van der Waals surface area contributed by atoms with E-state index in [1.807, 2.05) is 6.07 Å². The first-order chi connectivity index (χ1) is 7.16. The van der Waals surface area contributed by atoms with Crippen molar-refractivity contribution in [3.63, 3.8) is 0 Å². The van der Waals surface area contributed by atoms with Gasteiger partial charge in [0.05, 0.1) is 39.5 Å². The molecule has 2 rings (SSSR count). The van der Waals surface area contributed by atoms with E-state index in [1.165, 1.54) is 11.3 Å². The number of halogens is 1. The van der Waals surface area contributed by atoms with Crippen LogP contribution in [0.15, 0.2) is 23.1 Å². The van der Waals surface area contributed by atoms with E-state index < -0.39 is 0 Å². The molecule has 5 heteroatoms. The predicted octanol–water partition coefficient (Wildman–Crippen LogP) is 3.26. The minimum atomic E-state index is -0.300. The molecule has 1 heterocycles. The molecule has 0 amide bonds. The van der Waals surface area contributed by atoms with Crippen molar-refractivity contribution in [2.24, 2.45) is 0 Å². The zero-order valence-corrected chi connectivity index (χ0v) is 11.2. The molecule has 80 valence electrons. The van der Waals surface area contributed by atoms with Crippen LogP contribution in [0, 0.1) is 0 Å². The van der Waals surface area contributed by atoms with Gasteiger partial charge in [-0.2, -0.15) is 0 Å². The summed E-state index contributed by atoms with van der Waals surface area (Å²) in [6.07, 6.45) is 1.10. The number of likely N-dealkylation sites (N-methyl/N-ethyl adjacent to an activating group) is 1. The van der Waals surface area contributed by atoms with E-state index in [9.17, 15) is 4.79 Å². The molecule has 0 atom stereocenters. The molecule has 0 saturated heterocycles. The number of carbonyl (C=O) groups excluding carboxylic acids is 1. The number of fused-ring (bicyclic) bond motifs is 1. The topological polar surface area (TPSA) is 29.5 Å². The van der Waals surface area contributed by atoms with Gasteiger partial charge in [-0.15, -0.1) is 0 Å². The highest BCUT2D eigenvalue weighted by molar-refractivity contribution is 14.1. The summed E-state index contributed by atoms with van der Waals surface area (Å²) in [5, 5.41) is 0. The Kier molecular flexibility index (Phi) is 3.40. The van der Waals surface area contributed by atoms with E-state index in [2.05, 4.69) is 24.1 Å². The Morgan fingerprint density at radius 1 is 1.60 bits per heavy atom. The highest BCUT2D eigenvalue weighted by atomic mass is 127. The second-order valence-corrected chi connectivity index (χ2v) is 5.05. The van der Waals surface area contributed by atoms with E-state index >= 15 is 0 Å².